The lowest BCUT2D eigenvalue weighted by Crippen LogP contribution is -2.38. The number of aromatic nitrogens is 3. The van der Waals surface area contributed by atoms with Crippen LogP contribution in [0.25, 0.3) is 10.9 Å². The molecule has 0 amide bonds. The van der Waals surface area contributed by atoms with Crippen molar-refractivity contribution in [2.45, 2.75) is 37.8 Å². The van der Waals surface area contributed by atoms with Gasteiger partial charge < -0.3 is 35.0 Å². The zero-order valence-electron chi connectivity index (χ0n) is 23.9. The van der Waals surface area contributed by atoms with E-state index in [1.807, 2.05) is 17.0 Å². The number of β-amino-alcohol motifs (C(OH)–C–C–N with tert-alkyl or cyclic N) is 1. The number of nitrogens with one attached hydrogen (secondary N) is 2. The molecule has 4 aromatic rings. The summed E-state index contributed by atoms with van der Waals surface area (Å²) < 4.78 is 26.9. The van der Waals surface area contributed by atoms with E-state index < -0.39 is 5.82 Å². The zero-order valence-corrected chi connectivity index (χ0v) is 23.9. The molecular weight excluding hydrogens is 537 g/mol. The van der Waals surface area contributed by atoms with Crippen LogP contribution in [0.5, 0.6) is 17.2 Å². The molecule has 0 spiro atoms. The Hall–Kier alpha value is -4.22. The highest BCUT2D eigenvalue weighted by atomic mass is 19.1. The second kappa shape index (κ2) is 12.3. The number of pyridine rings is 1. The van der Waals surface area contributed by atoms with E-state index in [9.17, 15) is 5.11 Å². The first-order valence-corrected chi connectivity index (χ1v) is 14.4. The third kappa shape index (κ3) is 6.32. The molecular formula is C31H36FN7O3. The number of likely N-dealkylation sites (tertiary alicyclic amines) is 1. The predicted molar refractivity (Wildman–Crippen MR) is 162 cm³/mol. The van der Waals surface area contributed by atoms with Crippen molar-refractivity contribution in [3.05, 3.63) is 60.8 Å². The summed E-state index contributed by atoms with van der Waals surface area (Å²) in [4.78, 5) is 17.6. The second-order valence-corrected chi connectivity index (χ2v) is 11.0. The maximum atomic E-state index is 15.3. The van der Waals surface area contributed by atoms with E-state index in [0.717, 1.165) is 62.2 Å². The van der Waals surface area contributed by atoms with E-state index in [2.05, 4.69) is 37.5 Å². The van der Waals surface area contributed by atoms with Crippen LogP contribution in [0.2, 0.25) is 0 Å². The van der Waals surface area contributed by atoms with Gasteiger partial charge in [-0.3, -0.25) is 0 Å². The number of methoxy groups -OCH3 is 1. The van der Waals surface area contributed by atoms with Crippen LogP contribution in [-0.4, -0.2) is 77.4 Å². The normalized spacial score (nSPS) is 18.2. The summed E-state index contributed by atoms with van der Waals surface area (Å²) in [6, 6.07) is 12.4. The molecule has 2 aromatic heterocycles. The second-order valence-electron chi connectivity index (χ2n) is 11.0. The number of fused-ring (bicyclic) bond motifs is 1. The van der Waals surface area contributed by atoms with Gasteiger partial charge in [0.1, 0.15) is 41.0 Å². The van der Waals surface area contributed by atoms with Crippen molar-refractivity contribution >= 4 is 33.9 Å². The molecule has 0 saturated carbocycles. The van der Waals surface area contributed by atoms with Gasteiger partial charge in [-0.25, -0.2) is 19.3 Å². The number of piperidine rings is 2. The zero-order chi connectivity index (χ0) is 29.1. The third-order valence-corrected chi connectivity index (χ3v) is 7.90. The summed E-state index contributed by atoms with van der Waals surface area (Å²) >= 11 is 0. The number of ether oxygens (including phenoxy) is 2. The monoisotopic (exact) mass is 573 g/mol. The molecule has 2 fully saturated rings. The van der Waals surface area contributed by atoms with Gasteiger partial charge in [0.2, 0.25) is 0 Å². The van der Waals surface area contributed by atoms with E-state index in [1.54, 1.807) is 37.6 Å². The first kappa shape index (κ1) is 27.9. The minimum Gasteiger partial charge on any atom is -0.495 e. The quantitative estimate of drug-likeness (QED) is 0.261. The number of aliphatic hydroxyl groups is 1. The molecule has 2 aromatic carbocycles. The van der Waals surface area contributed by atoms with Crippen LogP contribution in [0.15, 0.2) is 55.0 Å². The number of anilines is 4. The highest BCUT2D eigenvalue weighted by Gasteiger charge is 2.21. The summed E-state index contributed by atoms with van der Waals surface area (Å²) in [6.45, 7) is 3.43. The van der Waals surface area contributed by atoms with Crippen LogP contribution in [0.4, 0.5) is 27.4 Å². The summed E-state index contributed by atoms with van der Waals surface area (Å²) in [5, 5.41) is 17.5. The van der Waals surface area contributed by atoms with Crippen molar-refractivity contribution < 1.29 is 19.0 Å². The molecule has 10 nitrogen and oxygen atoms in total. The predicted octanol–water partition coefficient (Wildman–Crippen LogP) is 5.18. The van der Waals surface area contributed by atoms with Gasteiger partial charge in [-0.05, 0) is 70.1 Å². The van der Waals surface area contributed by atoms with Gasteiger partial charge in [-0.2, -0.15) is 0 Å². The standard InChI is InChI=1S/C31H36FN7O3/c1-38-12-8-20(9-13-38)36-28-16-24-27(17-29(28)41-2)34-19-35-31(24)37-26-6-5-22(14-25(26)32)42-23-7-10-33-30(15-23)39-11-3-4-21(40)18-39/h5-7,10,14-17,19-21,36,40H,3-4,8-9,11-13,18H2,1-2H3,(H,34,35,37). The number of halogens is 1. The first-order chi connectivity index (χ1) is 20.4. The fourth-order valence-corrected chi connectivity index (χ4v) is 5.56. The van der Waals surface area contributed by atoms with Gasteiger partial charge in [0, 0.05) is 48.9 Å². The fourth-order valence-electron chi connectivity index (χ4n) is 5.56. The molecule has 4 heterocycles. The Morgan fingerprint density at radius 2 is 1.79 bits per heavy atom. The molecule has 0 radical (unpaired) electrons. The minimum absolute atomic E-state index is 0.265. The summed E-state index contributed by atoms with van der Waals surface area (Å²) in [6.07, 6.45) is 6.51. The Morgan fingerprint density at radius 3 is 2.57 bits per heavy atom. The summed E-state index contributed by atoms with van der Waals surface area (Å²) in [5.74, 6) is 2.34. The average molecular weight is 574 g/mol. The van der Waals surface area contributed by atoms with Crippen molar-refractivity contribution in [1.29, 1.82) is 0 Å². The van der Waals surface area contributed by atoms with Crippen LogP contribution >= 0.6 is 0 Å². The number of benzene rings is 2. The SMILES string of the molecule is COc1cc2ncnc(Nc3ccc(Oc4ccnc(N5CCCC(O)C5)c4)cc3F)c2cc1NC1CCN(C)CC1. The topological polar surface area (TPSA) is 108 Å². The van der Waals surface area contributed by atoms with Crippen LogP contribution in [-0.2, 0) is 0 Å². The maximum absolute atomic E-state index is 15.3. The molecule has 3 N–H and O–H groups in total. The van der Waals surface area contributed by atoms with Gasteiger partial charge in [0.05, 0.1) is 30.1 Å². The van der Waals surface area contributed by atoms with E-state index in [1.165, 1.54) is 12.4 Å². The van der Waals surface area contributed by atoms with Crippen LogP contribution in [0.1, 0.15) is 25.7 Å². The molecule has 2 aliphatic heterocycles. The van der Waals surface area contributed by atoms with Gasteiger partial charge in [-0.1, -0.05) is 0 Å². The number of nitrogens with zero attached hydrogens (tertiary/aromatic N) is 5. The van der Waals surface area contributed by atoms with Crippen molar-refractivity contribution in [1.82, 2.24) is 19.9 Å². The van der Waals surface area contributed by atoms with Gasteiger partial charge >= 0.3 is 0 Å². The van der Waals surface area contributed by atoms with Crippen molar-refractivity contribution in [2.75, 3.05) is 55.9 Å². The molecule has 0 aliphatic carbocycles. The fraction of sp³-hybridized carbons (Fsp3) is 0.387. The minimum atomic E-state index is -0.481. The molecule has 2 aliphatic rings. The van der Waals surface area contributed by atoms with E-state index in [0.29, 0.717) is 41.2 Å². The number of hydrogen-bond donors (Lipinski definition) is 3. The Morgan fingerprint density at radius 1 is 0.952 bits per heavy atom. The van der Waals surface area contributed by atoms with Crippen LogP contribution < -0.4 is 25.0 Å². The Kier molecular flexibility index (Phi) is 8.20. The number of hydrogen-bond acceptors (Lipinski definition) is 10. The van der Waals surface area contributed by atoms with E-state index in [-0.39, 0.29) is 11.8 Å². The molecule has 220 valence electrons. The van der Waals surface area contributed by atoms with Crippen LogP contribution in [0.3, 0.4) is 0 Å². The molecule has 2 saturated heterocycles. The molecule has 6 rings (SSSR count). The van der Waals surface area contributed by atoms with Gasteiger partial charge in [-0.15, -0.1) is 0 Å². The highest BCUT2D eigenvalue weighted by molar-refractivity contribution is 5.95. The average Bonchev–Trinajstić information content (AvgIpc) is 3.00. The van der Waals surface area contributed by atoms with Crippen molar-refractivity contribution in [2.24, 2.45) is 0 Å². The number of aliphatic hydroxyl groups excluding tert-OH is 1. The molecule has 11 heteroatoms. The molecule has 0 bridgehead atoms. The van der Waals surface area contributed by atoms with Crippen molar-refractivity contribution in [3.63, 3.8) is 0 Å². The smallest absolute Gasteiger partial charge is 0.150 e. The molecule has 42 heavy (non-hydrogen) atoms. The lowest BCUT2D eigenvalue weighted by atomic mass is 10.0. The highest BCUT2D eigenvalue weighted by Crippen LogP contribution is 2.35. The van der Waals surface area contributed by atoms with Crippen LogP contribution in [0, 0.1) is 5.82 Å². The first-order valence-electron chi connectivity index (χ1n) is 14.4. The van der Waals surface area contributed by atoms with Gasteiger partial charge in [0.15, 0.2) is 0 Å². The Balaban J connectivity index is 1.20. The molecule has 1 unspecified atom stereocenters. The van der Waals surface area contributed by atoms with E-state index in [4.69, 9.17) is 9.47 Å². The van der Waals surface area contributed by atoms with E-state index >= 15 is 4.39 Å². The lowest BCUT2D eigenvalue weighted by Gasteiger charge is -2.31. The maximum Gasteiger partial charge on any atom is 0.150 e. The largest absolute Gasteiger partial charge is 0.495 e. The lowest BCUT2D eigenvalue weighted by molar-refractivity contribution is 0.154. The molecule has 1 atom stereocenters. The summed E-state index contributed by atoms with van der Waals surface area (Å²) in [7, 11) is 3.78. The summed E-state index contributed by atoms with van der Waals surface area (Å²) in [5.41, 5.74) is 1.81. The Bertz CT molecular complexity index is 1550. The number of rotatable bonds is 8. The van der Waals surface area contributed by atoms with Gasteiger partial charge in [0.25, 0.3) is 0 Å². The van der Waals surface area contributed by atoms with Crippen molar-refractivity contribution in [3.8, 4) is 17.2 Å². The third-order valence-electron chi connectivity index (χ3n) is 7.90. The Labute approximate surface area is 244 Å².